The van der Waals surface area contributed by atoms with Crippen LogP contribution in [-0.4, -0.2) is 48.6 Å². The van der Waals surface area contributed by atoms with Crippen LogP contribution in [0.2, 0.25) is 0 Å². The average molecular weight is 284 g/mol. The second kappa shape index (κ2) is 8.21. The first kappa shape index (κ1) is 16.9. The molecule has 0 aromatic carbocycles. The van der Waals surface area contributed by atoms with Gasteiger partial charge in [-0.25, -0.2) is 4.79 Å². The van der Waals surface area contributed by atoms with E-state index in [1.54, 1.807) is 0 Å². The molecule has 0 bridgehead atoms. The van der Waals surface area contributed by atoms with Crippen LogP contribution in [0.5, 0.6) is 0 Å². The van der Waals surface area contributed by atoms with Crippen LogP contribution < -0.4 is 16.4 Å². The number of hydrogen-bond acceptors (Lipinski definition) is 4. The second-order valence-corrected chi connectivity index (χ2v) is 5.55. The molecule has 0 radical (unpaired) electrons. The molecule has 1 aliphatic rings. The van der Waals surface area contributed by atoms with Crippen molar-refractivity contribution in [2.75, 3.05) is 13.6 Å². The molecule has 3 amide bonds. The number of imide groups is 1. The van der Waals surface area contributed by atoms with E-state index >= 15 is 0 Å². The molecular formula is C14H28N4O2. The van der Waals surface area contributed by atoms with Crippen molar-refractivity contribution in [1.82, 2.24) is 15.5 Å². The van der Waals surface area contributed by atoms with E-state index in [0.717, 1.165) is 38.6 Å². The lowest BCUT2D eigenvalue weighted by molar-refractivity contribution is -0.126. The number of urea groups is 1. The van der Waals surface area contributed by atoms with E-state index in [4.69, 9.17) is 5.73 Å². The molecule has 0 heterocycles. The van der Waals surface area contributed by atoms with E-state index in [-0.39, 0.29) is 11.9 Å². The van der Waals surface area contributed by atoms with Crippen LogP contribution in [0.1, 0.15) is 46.0 Å². The van der Waals surface area contributed by atoms with Gasteiger partial charge in [0.25, 0.3) is 0 Å². The van der Waals surface area contributed by atoms with Crippen molar-refractivity contribution in [3.63, 3.8) is 0 Å². The molecule has 1 fully saturated rings. The van der Waals surface area contributed by atoms with Gasteiger partial charge in [-0.2, -0.15) is 0 Å². The van der Waals surface area contributed by atoms with E-state index < -0.39 is 6.03 Å². The van der Waals surface area contributed by atoms with Gasteiger partial charge in [-0.3, -0.25) is 15.0 Å². The summed E-state index contributed by atoms with van der Waals surface area (Å²) in [4.78, 5) is 25.6. The first-order valence-corrected chi connectivity index (χ1v) is 7.53. The maximum Gasteiger partial charge on any atom is 0.321 e. The van der Waals surface area contributed by atoms with Gasteiger partial charge < -0.3 is 11.1 Å². The molecule has 116 valence electrons. The van der Waals surface area contributed by atoms with E-state index in [1.807, 2.05) is 6.92 Å². The Morgan fingerprint density at radius 3 is 2.40 bits per heavy atom. The SMILES string of the molecule is CCCN(C1CCC(N)CC1)C(C)C(=O)NC(=O)NC. The molecule has 1 aliphatic carbocycles. The fourth-order valence-electron chi connectivity index (χ4n) is 2.81. The van der Waals surface area contributed by atoms with E-state index in [1.165, 1.54) is 7.05 Å². The molecule has 20 heavy (non-hydrogen) atoms. The molecule has 6 nitrogen and oxygen atoms in total. The topological polar surface area (TPSA) is 87.5 Å². The van der Waals surface area contributed by atoms with Gasteiger partial charge in [-0.15, -0.1) is 0 Å². The number of hydrogen-bond donors (Lipinski definition) is 3. The summed E-state index contributed by atoms with van der Waals surface area (Å²) in [6.07, 6.45) is 5.06. The summed E-state index contributed by atoms with van der Waals surface area (Å²) < 4.78 is 0. The molecule has 1 saturated carbocycles. The molecule has 6 heteroatoms. The van der Waals surface area contributed by atoms with Gasteiger partial charge in [0.2, 0.25) is 5.91 Å². The standard InChI is InChI=1S/C14H28N4O2/c1-4-9-18(12-7-5-11(15)6-8-12)10(2)13(19)17-14(20)16-3/h10-12H,4-9,15H2,1-3H3,(H2,16,17,19,20). The van der Waals surface area contributed by atoms with Crippen LogP contribution in [0.25, 0.3) is 0 Å². The summed E-state index contributed by atoms with van der Waals surface area (Å²) in [5.41, 5.74) is 5.94. The number of nitrogens with one attached hydrogen (secondary N) is 2. The summed E-state index contributed by atoms with van der Waals surface area (Å²) >= 11 is 0. The number of carbonyl (C=O) groups is 2. The van der Waals surface area contributed by atoms with Gasteiger partial charge in [-0.1, -0.05) is 6.92 Å². The van der Waals surface area contributed by atoms with Crippen molar-refractivity contribution in [3.8, 4) is 0 Å². The number of carbonyl (C=O) groups excluding carboxylic acids is 2. The maximum atomic E-state index is 12.1. The van der Waals surface area contributed by atoms with Crippen molar-refractivity contribution in [3.05, 3.63) is 0 Å². The molecular weight excluding hydrogens is 256 g/mol. The zero-order chi connectivity index (χ0) is 15.1. The molecule has 0 spiro atoms. The third kappa shape index (κ3) is 4.76. The summed E-state index contributed by atoms with van der Waals surface area (Å²) in [5.74, 6) is -0.243. The molecule has 0 aromatic heterocycles. The number of amides is 3. The second-order valence-electron chi connectivity index (χ2n) is 5.55. The molecule has 4 N–H and O–H groups in total. The molecule has 0 aromatic rings. The summed E-state index contributed by atoms with van der Waals surface area (Å²) in [6, 6.07) is -0.0690. The van der Waals surface area contributed by atoms with Gasteiger partial charge in [0.15, 0.2) is 0 Å². The third-order valence-electron chi connectivity index (χ3n) is 4.03. The van der Waals surface area contributed by atoms with E-state index in [2.05, 4.69) is 22.5 Å². The third-order valence-corrected chi connectivity index (χ3v) is 4.03. The Bertz CT molecular complexity index is 327. The Labute approximate surface area is 121 Å². The maximum absolute atomic E-state index is 12.1. The van der Waals surface area contributed by atoms with Crippen molar-refractivity contribution < 1.29 is 9.59 Å². The van der Waals surface area contributed by atoms with Crippen molar-refractivity contribution in [1.29, 1.82) is 0 Å². The highest BCUT2D eigenvalue weighted by atomic mass is 16.2. The van der Waals surface area contributed by atoms with Crippen LogP contribution >= 0.6 is 0 Å². The van der Waals surface area contributed by atoms with Gasteiger partial charge >= 0.3 is 6.03 Å². The zero-order valence-corrected chi connectivity index (χ0v) is 12.8. The van der Waals surface area contributed by atoms with Crippen LogP contribution in [0, 0.1) is 0 Å². The zero-order valence-electron chi connectivity index (χ0n) is 12.8. The van der Waals surface area contributed by atoms with Gasteiger partial charge in [-0.05, 0) is 45.6 Å². The Kier molecular flexibility index (Phi) is 6.95. The lowest BCUT2D eigenvalue weighted by atomic mass is 9.90. The first-order valence-electron chi connectivity index (χ1n) is 7.53. The Morgan fingerprint density at radius 2 is 1.90 bits per heavy atom. The average Bonchev–Trinajstić information content (AvgIpc) is 2.45. The predicted octanol–water partition coefficient (Wildman–Crippen LogP) is 0.812. The fraction of sp³-hybridized carbons (Fsp3) is 0.857. The minimum absolute atomic E-state index is 0.243. The van der Waals surface area contributed by atoms with Crippen molar-refractivity contribution in [2.24, 2.45) is 5.73 Å². The van der Waals surface area contributed by atoms with Crippen LogP contribution in [0.15, 0.2) is 0 Å². The Morgan fingerprint density at radius 1 is 1.30 bits per heavy atom. The van der Waals surface area contributed by atoms with Crippen LogP contribution in [0.4, 0.5) is 4.79 Å². The highest BCUT2D eigenvalue weighted by Gasteiger charge is 2.30. The van der Waals surface area contributed by atoms with Crippen LogP contribution in [0.3, 0.4) is 0 Å². The van der Waals surface area contributed by atoms with Crippen molar-refractivity contribution in [2.45, 2.75) is 64.1 Å². The van der Waals surface area contributed by atoms with Gasteiger partial charge in [0.1, 0.15) is 0 Å². The fourth-order valence-corrected chi connectivity index (χ4v) is 2.81. The summed E-state index contributed by atoms with van der Waals surface area (Å²) in [7, 11) is 1.50. The molecule has 0 aliphatic heterocycles. The number of nitrogens with two attached hydrogens (primary N) is 1. The highest BCUT2D eigenvalue weighted by Crippen LogP contribution is 2.24. The van der Waals surface area contributed by atoms with Crippen LogP contribution in [-0.2, 0) is 4.79 Å². The molecule has 0 saturated heterocycles. The summed E-state index contributed by atoms with van der Waals surface area (Å²) in [6.45, 7) is 4.83. The van der Waals surface area contributed by atoms with E-state index in [9.17, 15) is 9.59 Å². The van der Waals surface area contributed by atoms with Crippen molar-refractivity contribution >= 4 is 11.9 Å². The molecule has 1 rings (SSSR count). The lowest BCUT2D eigenvalue weighted by Gasteiger charge is -2.38. The van der Waals surface area contributed by atoms with Gasteiger partial charge in [0, 0.05) is 19.1 Å². The highest BCUT2D eigenvalue weighted by molar-refractivity contribution is 5.96. The molecule has 1 unspecified atom stereocenters. The lowest BCUT2D eigenvalue weighted by Crippen LogP contribution is -2.53. The normalized spacial score (nSPS) is 24.2. The Hall–Kier alpha value is -1.14. The first-order chi connectivity index (χ1) is 9.49. The largest absolute Gasteiger partial charge is 0.341 e. The van der Waals surface area contributed by atoms with E-state index in [0.29, 0.717) is 12.1 Å². The number of nitrogens with zero attached hydrogens (tertiary/aromatic N) is 1. The predicted molar refractivity (Wildman–Crippen MR) is 79.3 cm³/mol. The summed E-state index contributed by atoms with van der Waals surface area (Å²) in [5, 5.41) is 4.76. The Balaban J connectivity index is 2.64. The quantitative estimate of drug-likeness (QED) is 0.697. The van der Waals surface area contributed by atoms with Gasteiger partial charge in [0.05, 0.1) is 6.04 Å². The minimum atomic E-state index is -0.455. The number of rotatable bonds is 5. The minimum Gasteiger partial charge on any atom is -0.341 e. The monoisotopic (exact) mass is 284 g/mol. The molecule has 1 atom stereocenters. The smallest absolute Gasteiger partial charge is 0.321 e.